The fraction of sp³-hybridized carbons (Fsp3) is 0.444. The van der Waals surface area contributed by atoms with Crippen molar-refractivity contribution >= 4 is 34.3 Å². The Labute approximate surface area is 221 Å². The van der Waals surface area contributed by atoms with Crippen LogP contribution in [0.4, 0.5) is 10.5 Å². The zero-order chi connectivity index (χ0) is 25.9. The number of furan rings is 1. The van der Waals surface area contributed by atoms with E-state index >= 15 is 0 Å². The summed E-state index contributed by atoms with van der Waals surface area (Å²) in [6, 6.07) is 12.1. The van der Waals surface area contributed by atoms with Crippen molar-refractivity contribution in [3.8, 4) is 11.5 Å². The van der Waals surface area contributed by atoms with Crippen molar-refractivity contribution in [2.45, 2.75) is 37.9 Å². The number of ether oxygens (including phenoxy) is 3. The Morgan fingerprint density at radius 2 is 1.92 bits per heavy atom. The number of benzene rings is 2. The number of halogens is 1. The predicted octanol–water partition coefficient (Wildman–Crippen LogP) is 4.58. The van der Waals surface area contributed by atoms with Gasteiger partial charge in [0.25, 0.3) is 0 Å². The van der Waals surface area contributed by atoms with E-state index in [0.717, 1.165) is 18.2 Å². The minimum absolute atomic E-state index is 0.0663. The first-order chi connectivity index (χ1) is 18.1. The van der Waals surface area contributed by atoms with Gasteiger partial charge in [0.2, 0.25) is 0 Å². The average Bonchev–Trinajstić information content (AvgIpc) is 3.56. The van der Waals surface area contributed by atoms with Crippen LogP contribution in [0.25, 0.3) is 11.0 Å². The van der Waals surface area contributed by atoms with E-state index in [1.807, 2.05) is 12.1 Å². The molecule has 37 heavy (non-hydrogen) atoms. The molecule has 0 spiro atoms. The third-order valence-electron chi connectivity index (χ3n) is 6.00. The van der Waals surface area contributed by atoms with Crippen LogP contribution in [0.1, 0.15) is 25.7 Å². The number of aliphatic hydroxyl groups excluding tert-OH is 1. The zero-order valence-electron chi connectivity index (χ0n) is 20.7. The number of amides is 2. The smallest absolute Gasteiger partial charge is 0.319 e. The summed E-state index contributed by atoms with van der Waals surface area (Å²) in [5, 5.41) is 20.4. The van der Waals surface area contributed by atoms with Crippen LogP contribution in [0.15, 0.2) is 53.1 Å². The fourth-order valence-electron chi connectivity index (χ4n) is 4.14. The minimum Gasteiger partial charge on any atom is -0.487 e. The third-order valence-corrected chi connectivity index (χ3v) is 6.23. The molecule has 4 N–H and O–H groups in total. The van der Waals surface area contributed by atoms with Gasteiger partial charge in [0.05, 0.1) is 19.0 Å². The third kappa shape index (κ3) is 8.82. The van der Waals surface area contributed by atoms with Gasteiger partial charge in [-0.3, -0.25) is 0 Å². The highest BCUT2D eigenvalue weighted by Crippen LogP contribution is 2.33. The van der Waals surface area contributed by atoms with Gasteiger partial charge in [0.15, 0.2) is 11.5 Å². The number of carbonyl (C=O) groups is 1. The number of fused-ring (bicyclic) bond motifs is 1. The second-order valence-corrected chi connectivity index (χ2v) is 9.38. The van der Waals surface area contributed by atoms with Crippen LogP contribution >= 0.6 is 11.6 Å². The van der Waals surface area contributed by atoms with E-state index in [0.29, 0.717) is 66.7 Å². The normalized spacial score (nSPS) is 14.5. The summed E-state index contributed by atoms with van der Waals surface area (Å²) >= 11 is 5.92. The second kappa shape index (κ2) is 14.1. The minimum atomic E-state index is -0.758. The lowest BCUT2D eigenvalue weighted by Crippen LogP contribution is -2.38. The van der Waals surface area contributed by atoms with Gasteiger partial charge in [0, 0.05) is 41.8 Å². The summed E-state index contributed by atoms with van der Waals surface area (Å²) in [7, 11) is 0. The Bertz CT molecular complexity index is 1130. The predicted molar refractivity (Wildman–Crippen MR) is 143 cm³/mol. The molecule has 4 rings (SSSR count). The average molecular weight is 532 g/mol. The molecule has 0 aliphatic heterocycles. The van der Waals surface area contributed by atoms with E-state index in [2.05, 4.69) is 16.0 Å². The summed E-state index contributed by atoms with van der Waals surface area (Å²) < 4.78 is 23.2. The van der Waals surface area contributed by atoms with Crippen LogP contribution in [0.5, 0.6) is 11.5 Å². The highest BCUT2D eigenvalue weighted by molar-refractivity contribution is 6.30. The molecule has 10 heteroatoms. The van der Waals surface area contributed by atoms with Crippen molar-refractivity contribution in [2.75, 3.05) is 44.8 Å². The van der Waals surface area contributed by atoms with Gasteiger partial charge >= 0.3 is 6.03 Å². The van der Waals surface area contributed by atoms with Gasteiger partial charge in [-0.05, 0) is 43.2 Å². The van der Waals surface area contributed by atoms with Crippen LogP contribution in [0, 0.1) is 0 Å². The van der Waals surface area contributed by atoms with Gasteiger partial charge < -0.3 is 39.7 Å². The maximum Gasteiger partial charge on any atom is 0.319 e. The van der Waals surface area contributed by atoms with E-state index in [1.54, 1.807) is 36.6 Å². The Kier molecular flexibility index (Phi) is 10.3. The highest BCUT2D eigenvalue weighted by atomic mass is 35.5. The van der Waals surface area contributed by atoms with E-state index in [9.17, 15) is 9.90 Å². The summed E-state index contributed by atoms with van der Waals surface area (Å²) in [5.41, 5.74) is 1.29. The molecule has 0 radical (unpaired) electrons. The monoisotopic (exact) mass is 531 g/mol. The number of urea groups is 1. The first-order valence-electron chi connectivity index (χ1n) is 12.6. The molecule has 1 aliphatic carbocycles. The molecule has 0 bridgehead atoms. The molecule has 1 aromatic heterocycles. The number of aliphatic hydroxyl groups is 1. The van der Waals surface area contributed by atoms with Crippen LogP contribution in [0.2, 0.25) is 5.02 Å². The summed E-state index contributed by atoms with van der Waals surface area (Å²) in [4.78, 5) is 12.0. The van der Waals surface area contributed by atoms with Crippen LogP contribution < -0.4 is 25.4 Å². The molecule has 200 valence electrons. The number of rotatable bonds is 14. The Morgan fingerprint density at radius 1 is 1.08 bits per heavy atom. The van der Waals surface area contributed by atoms with Gasteiger partial charge in [0.1, 0.15) is 24.9 Å². The second-order valence-electron chi connectivity index (χ2n) is 8.94. The largest absolute Gasteiger partial charge is 0.487 e. The Morgan fingerprint density at radius 3 is 2.76 bits per heavy atom. The van der Waals surface area contributed by atoms with E-state index in [-0.39, 0.29) is 12.6 Å². The molecule has 1 saturated carbocycles. The van der Waals surface area contributed by atoms with E-state index < -0.39 is 6.10 Å². The maximum atomic E-state index is 12.0. The highest BCUT2D eigenvalue weighted by Gasteiger charge is 2.16. The van der Waals surface area contributed by atoms with Gasteiger partial charge in [-0.1, -0.05) is 30.5 Å². The van der Waals surface area contributed by atoms with Crippen molar-refractivity contribution in [3.05, 3.63) is 53.8 Å². The molecule has 2 amide bonds. The topological polar surface area (TPSA) is 114 Å². The van der Waals surface area contributed by atoms with Crippen molar-refractivity contribution in [1.29, 1.82) is 0 Å². The lowest BCUT2D eigenvalue weighted by Gasteiger charge is -2.17. The molecule has 1 aliphatic rings. The Hall–Kier alpha value is -2.98. The molecule has 0 saturated heterocycles. The molecular formula is C27H34ClN3O6. The summed E-state index contributed by atoms with van der Waals surface area (Å²) in [6.07, 6.45) is 5.89. The van der Waals surface area contributed by atoms with Gasteiger partial charge in [-0.25, -0.2) is 4.79 Å². The van der Waals surface area contributed by atoms with Gasteiger partial charge in [-0.2, -0.15) is 0 Å². The molecule has 2 aromatic carbocycles. The number of hydrogen-bond acceptors (Lipinski definition) is 7. The van der Waals surface area contributed by atoms with Crippen LogP contribution in [0.3, 0.4) is 0 Å². The van der Waals surface area contributed by atoms with Crippen molar-refractivity contribution in [2.24, 2.45) is 0 Å². The maximum absolute atomic E-state index is 12.0. The standard InChI is InChI=1S/C27H34ClN3O6/c28-20-4-3-5-21(15-20)31-27(33)30-10-9-29-17-22(32)18-37-26-16-24-19(8-11-35-24)14-25(26)36-13-12-34-23-6-1-2-7-23/h3-5,8,11,14-16,22-23,29,32H,1-2,6-7,9-10,12-13,17-18H2,(H2,30,31,33). The van der Waals surface area contributed by atoms with E-state index in [4.69, 9.17) is 30.2 Å². The molecule has 1 fully saturated rings. The molecule has 9 nitrogen and oxygen atoms in total. The van der Waals surface area contributed by atoms with Crippen LogP contribution in [-0.4, -0.2) is 62.8 Å². The molecular weight excluding hydrogens is 498 g/mol. The van der Waals surface area contributed by atoms with Crippen molar-refractivity contribution in [1.82, 2.24) is 10.6 Å². The lowest BCUT2D eigenvalue weighted by molar-refractivity contribution is 0.0371. The SMILES string of the molecule is O=C(NCCNCC(O)COc1cc2occc2cc1OCCOC1CCCC1)Nc1cccc(Cl)c1. The molecule has 1 heterocycles. The summed E-state index contributed by atoms with van der Waals surface area (Å²) in [5.74, 6) is 1.08. The quantitative estimate of drug-likeness (QED) is 0.225. The lowest BCUT2D eigenvalue weighted by atomic mass is 10.2. The number of carbonyl (C=O) groups excluding carboxylic acids is 1. The number of anilines is 1. The zero-order valence-corrected chi connectivity index (χ0v) is 21.5. The van der Waals surface area contributed by atoms with Crippen molar-refractivity contribution in [3.63, 3.8) is 0 Å². The molecule has 1 atom stereocenters. The van der Waals surface area contributed by atoms with Crippen molar-refractivity contribution < 1.29 is 28.5 Å². The van der Waals surface area contributed by atoms with Crippen LogP contribution in [-0.2, 0) is 4.74 Å². The van der Waals surface area contributed by atoms with E-state index in [1.165, 1.54) is 12.8 Å². The molecule has 3 aromatic rings. The summed E-state index contributed by atoms with van der Waals surface area (Å²) in [6.45, 7) is 2.16. The number of nitrogens with one attached hydrogen (secondary N) is 3. The number of hydrogen-bond donors (Lipinski definition) is 4. The Balaban J connectivity index is 1.15. The molecule has 1 unspecified atom stereocenters. The van der Waals surface area contributed by atoms with Gasteiger partial charge in [-0.15, -0.1) is 0 Å². The first-order valence-corrected chi connectivity index (χ1v) is 13.0. The first kappa shape index (κ1) is 27.1. The fourth-order valence-corrected chi connectivity index (χ4v) is 4.33.